The summed E-state index contributed by atoms with van der Waals surface area (Å²) < 4.78 is 0. The molecule has 84 valence electrons. The van der Waals surface area contributed by atoms with Crippen molar-refractivity contribution in [2.24, 2.45) is 0 Å². The second kappa shape index (κ2) is 5.99. The summed E-state index contributed by atoms with van der Waals surface area (Å²) >= 11 is 4.19. The van der Waals surface area contributed by atoms with Gasteiger partial charge in [0.25, 0.3) is 0 Å². The van der Waals surface area contributed by atoms with Gasteiger partial charge in [-0.25, -0.2) is 0 Å². The van der Waals surface area contributed by atoms with Crippen LogP contribution in [0.5, 0.6) is 0 Å². The summed E-state index contributed by atoms with van der Waals surface area (Å²) in [6.45, 7) is 1.93. The molecule has 1 aliphatic carbocycles. The third-order valence-electron chi connectivity index (χ3n) is 3.05. The Labute approximate surface area is 93.1 Å². The molecule has 0 radical (unpaired) electrons. The van der Waals surface area contributed by atoms with Crippen LogP contribution in [0.15, 0.2) is 0 Å². The highest BCUT2D eigenvalue weighted by molar-refractivity contribution is 7.80. The number of rotatable bonds is 6. The Hall–Kier alpha value is 0.270. The minimum absolute atomic E-state index is 0.379. The maximum Gasteiger partial charge on any atom is 0.0774 e. The fourth-order valence-electron chi connectivity index (χ4n) is 2.27. The summed E-state index contributed by atoms with van der Waals surface area (Å²) in [5.74, 6) is 0.970. The minimum atomic E-state index is -0.379. The van der Waals surface area contributed by atoms with E-state index in [1.54, 1.807) is 0 Å². The number of likely N-dealkylation sites (N-methyl/N-ethyl adjacent to an activating group) is 1. The zero-order valence-electron chi connectivity index (χ0n) is 9.21. The maximum absolute atomic E-state index is 10.2. The SMILES string of the molecule is CN(CCCCS)CC1(O)CCCC1. The van der Waals surface area contributed by atoms with Gasteiger partial charge in [-0.15, -0.1) is 0 Å². The fraction of sp³-hybridized carbons (Fsp3) is 1.00. The van der Waals surface area contributed by atoms with Gasteiger partial charge in [0.1, 0.15) is 0 Å². The van der Waals surface area contributed by atoms with Crippen molar-refractivity contribution in [1.82, 2.24) is 4.90 Å². The van der Waals surface area contributed by atoms with Crippen LogP contribution < -0.4 is 0 Å². The number of unbranched alkanes of at least 4 members (excludes halogenated alkanes) is 1. The molecule has 0 bridgehead atoms. The Balaban J connectivity index is 2.15. The van der Waals surface area contributed by atoms with Gasteiger partial charge >= 0.3 is 0 Å². The first-order valence-corrected chi connectivity index (χ1v) is 6.31. The first-order valence-electron chi connectivity index (χ1n) is 5.68. The number of hydrogen-bond acceptors (Lipinski definition) is 3. The molecule has 0 aliphatic heterocycles. The van der Waals surface area contributed by atoms with E-state index in [-0.39, 0.29) is 5.60 Å². The molecule has 14 heavy (non-hydrogen) atoms. The van der Waals surface area contributed by atoms with Gasteiger partial charge in [0.2, 0.25) is 0 Å². The minimum Gasteiger partial charge on any atom is -0.389 e. The van der Waals surface area contributed by atoms with Crippen LogP contribution >= 0.6 is 12.6 Å². The normalized spacial score (nSPS) is 20.6. The Morgan fingerprint density at radius 3 is 2.50 bits per heavy atom. The third kappa shape index (κ3) is 4.20. The van der Waals surface area contributed by atoms with Crippen LogP contribution in [0, 0.1) is 0 Å². The highest BCUT2D eigenvalue weighted by Gasteiger charge is 2.31. The molecule has 1 saturated carbocycles. The van der Waals surface area contributed by atoms with E-state index < -0.39 is 0 Å². The van der Waals surface area contributed by atoms with Crippen LogP contribution in [0.2, 0.25) is 0 Å². The highest BCUT2D eigenvalue weighted by Crippen LogP contribution is 2.29. The quantitative estimate of drug-likeness (QED) is 0.525. The lowest BCUT2D eigenvalue weighted by Gasteiger charge is -2.28. The van der Waals surface area contributed by atoms with Crippen LogP contribution in [0.25, 0.3) is 0 Å². The topological polar surface area (TPSA) is 23.5 Å². The zero-order valence-corrected chi connectivity index (χ0v) is 10.1. The predicted molar refractivity (Wildman–Crippen MR) is 64.0 cm³/mol. The Morgan fingerprint density at radius 2 is 1.93 bits per heavy atom. The lowest BCUT2D eigenvalue weighted by Crippen LogP contribution is -2.39. The molecule has 0 spiro atoms. The van der Waals surface area contributed by atoms with Crippen LogP contribution in [0.4, 0.5) is 0 Å². The van der Waals surface area contributed by atoms with Crippen molar-refractivity contribution in [1.29, 1.82) is 0 Å². The molecule has 3 heteroatoms. The van der Waals surface area contributed by atoms with Crippen molar-refractivity contribution < 1.29 is 5.11 Å². The van der Waals surface area contributed by atoms with Crippen molar-refractivity contribution in [3.05, 3.63) is 0 Å². The standard InChI is InChI=1S/C11H23NOS/c1-12(8-4-5-9-14)10-11(13)6-2-3-7-11/h13-14H,2-10H2,1H3. The van der Waals surface area contributed by atoms with Crippen LogP contribution in [0.1, 0.15) is 38.5 Å². The first kappa shape index (κ1) is 12.3. The van der Waals surface area contributed by atoms with E-state index >= 15 is 0 Å². The Bertz CT molecular complexity index is 157. The number of thiol groups is 1. The summed E-state index contributed by atoms with van der Waals surface area (Å²) in [5.41, 5.74) is -0.379. The molecule has 1 aliphatic rings. The molecule has 0 aromatic heterocycles. The Kier molecular flexibility index (Phi) is 5.28. The van der Waals surface area contributed by atoms with Gasteiger partial charge in [-0.2, -0.15) is 12.6 Å². The van der Waals surface area contributed by atoms with E-state index in [0.29, 0.717) is 0 Å². The van der Waals surface area contributed by atoms with E-state index in [2.05, 4.69) is 24.6 Å². The van der Waals surface area contributed by atoms with Gasteiger partial charge in [-0.3, -0.25) is 0 Å². The second-order valence-electron chi connectivity index (χ2n) is 4.60. The predicted octanol–water partition coefficient (Wildman–Crippen LogP) is 1.93. The molecule has 0 unspecified atom stereocenters. The molecule has 0 saturated heterocycles. The summed E-state index contributed by atoms with van der Waals surface area (Å²) in [6, 6.07) is 0. The molecular weight excluding hydrogens is 194 g/mol. The van der Waals surface area contributed by atoms with Crippen LogP contribution in [-0.4, -0.2) is 41.5 Å². The summed E-state index contributed by atoms with van der Waals surface area (Å²) in [4.78, 5) is 2.26. The first-order chi connectivity index (χ1) is 6.66. The van der Waals surface area contributed by atoms with Gasteiger partial charge in [-0.1, -0.05) is 12.8 Å². The number of aliphatic hydroxyl groups is 1. The highest BCUT2D eigenvalue weighted by atomic mass is 32.1. The third-order valence-corrected chi connectivity index (χ3v) is 3.36. The van der Waals surface area contributed by atoms with Gasteiger partial charge in [0.15, 0.2) is 0 Å². The van der Waals surface area contributed by atoms with E-state index in [9.17, 15) is 5.11 Å². The number of hydrogen-bond donors (Lipinski definition) is 2. The van der Waals surface area contributed by atoms with Crippen molar-refractivity contribution >= 4 is 12.6 Å². The largest absolute Gasteiger partial charge is 0.389 e. The summed E-state index contributed by atoms with van der Waals surface area (Å²) in [5, 5.41) is 10.2. The monoisotopic (exact) mass is 217 g/mol. The second-order valence-corrected chi connectivity index (χ2v) is 5.05. The Morgan fingerprint density at radius 1 is 1.29 bits per heavy atom. The zero-order chi connectivity index (χ0) is 10.4. The lowest BCUT2D eigenvalue weighted by atomic mass is 10.0. The van der Waals surface area contributed by atoms with E-state index in [0.717, 1.165) is 31.7 Å². The summed E-state index contributed by atoms with van der Waals surface area (Å²) in [6.07, 6.45) is 6.73. The molecule has 2 nitrogen and oxygen atoms in total. The molecule has 0 aromatic carbocycles. The molecule has 1 fully saturated rings. The average molecular weight is 217 g/mol. The van der Waals surface area contributed by atoms with E-state index in [4.69, 9.17) is 0 Å². The van der Waals surface area contributed by atoms with Crippen molar-refractivity contribution in [2.75, 3.05) is 25.9 Å². The molecule has 1 N–H and O–H groups in total. The molecule has 1 rings (SSSR count). The van der Waals surface area contributed by atoms with Gasteiger partial charge < -0.3 is 10.0 Å². The lowest BCUT2D eigenvalue weighted by molar-refractivity contribution is 0.0162. The molecule has 0 heterocycles. The average Bonchev–Trinajstić information content (AvgIpc) is 2.52. The molecular formula is C11H23NOS. The summed E-state index contributed by atoms with van der Waals surface area (Å²) in [7, 11) is 2.11. The van der Waals surface area contributed by atoms with Crippen LogP contribution in [-0.2, 0) is 0 Å². The van der Waals surface area contributed by atoms with E-state index in [1.165, 1.54) is 25.7 Å². The number of nitrogens with zero attached hydrogens (tertiary/aromatic N) is 1. The van der Waals surface area contributed by atoms with Crippen molar-refractivity contribution in [2.45, 2.75) is 44.1 Å². The molecule has 0 aromatic rings. The molecule has 0 amide bonds. The molecule has 0 atom stereocenters. The van der Waals surface area contributed by atoms with Crippen molar-refractivity contribution in [3.63, 3.8) is 0 Å². The smallest absolute Gasteiger partial charge is 0.0774 e. The van der Waals surface area contributed by atoms with Gasteiger partial charge in [0, 0.05) is 6.54 Å². The van der Waals surface area contributed by atoms with E-state index in [1.807, 2.05) is 0 Å². The van der Waals surface area contributed by atoms with Crippen molar-refractivity contribution in [3.8, 4) is 0 Å². The maximum atomic E-state index is 10.2. The van der Waals surface area contributed by atoms with Crippen LogP contribution in [0.3, 0.4) is 0 Å². The van der Waals surface area contributed by atoms with Gasteiger partial charge in [-0.05, 0) is 45.0 Å². The fourth-order valence-corrected chi connectivity index (χ4v) is 2.49. The van der Waals surface area contributed by atoms with Gasteiger partial charge in [0.05, 0.1) is 5.60 Å².